The van der Waals surface area contributed by atoms with Crippen molar-refractivity contribution in [1.29, 1.82) is 0 Å². The molecule has 3 heteroatoms. The highest BCUT2D eigenvalue weighted by Crippen LogP contribution is 2.48. The smallest absolute Gasteiger partial charge is 0.0565 e. The van der Waals surface area contributed by atoms with Crippen molar-refractivity contribution in [3.8, 4) is 22.3 Å². The number of nitrogens with one attached hydrogen (secondary N) is 1. The molecule has 244 valence electrons. The van der Waals surface area contributed by atoms with Gasteiger partial charge in [-0.1, -0.05) is 121 Å². The lowest BCUT2D eigenvalue weighted by Gasteiger charge is -2.12. The Bertz CT molecular complexity index is 3650. The minimum absolute atomic E-state index is 1.23. The van der Waals surface area contributed by atoms with Crippen LogP contribution in [-0.4, -0.2) is 4.98 Å². The molecule has 0 saturated heterocycles. The number of aromatic nitrogens is 1. The van der Waals surface area contributed by atoms with Gasteiger partial charge in [-0.3, -0.25) is 0 Å². The van der Waals surface area contributed by atoms with Crippen LogP contribution in [0.15, 0.2) is 158 Å². The molecule has 0 atom stereocenters. The van der Waals surface area contributed by atoms with Gasteiger partial charge in [0.25, 0.3) is 0 Å². The van der Waals surface area contributed by atoms with Crippen LogP contribution in [-0.2, 0) is 0 Å². The lowest BCUT2D eigenvalue weighted by molar-refractivity contribution is 1.59. The van der Waals surface area contributed by atoms with Crippen LogP contribution in [0.5, 0.6) is 0 Å². The molecule has 1 nitrogen and oxygen atoms in total. The molecule has 3 aromatic heterocycles. The van der Waals surface area contributed by atoms with Crippen molar-refractivity contribution < 1.29 is 0 Å². The molecule has 0 aliphatic rings. The molecule has 0 saturated carbocycles. The second-order valence-electron chi connectivity index (χ2n) is 14.5. The minimum atomic E-state index is 1.23. The number of benzene rings is 10. The first kappa shape index (κ1) is 28.3. The Morgan fingerprint density at radius 1 is 0.302 bits per heavy atom. The monoisotopic (exact) mass is 705 g/mol. The Labute approximate surface area is 311 Å². The Kier molecular flexibility index (Phi) is 5.45. The van der Waals surface area contributed by atoms with E-state index in [1.165, 1.54) is 127 Å². The van der Waals surface area contributed by atoms with Crippen molar-refractivity contribution in [3.63, 3.8) is 0 Å². The Balaban J connectivity index is 0.964. The summed E-state index contributed by atoms with van der Waals surface area (Å²) >= 11 is 3.80. The van der Waals surface area contributed by atoms with Crippen LogP contribution in [0.1, 0.15) is 0 Å². The van der Waals surface area contributed by atoms with Crippen LogP contribution in [0.4, 0.5) is 0 Å². The number of hydrogen-bond donors (Lipinski definition) is 1. The average Bonchev–Trinajstić information content (AvgIpc) is 3.90. The number of fused-ring (bicyclic) bond motifs is 14. The van der Waals surface area contributed by atoms with E-state index in [0.29, 0.717) is 0 Å². The molecule has 0 aliphatic heterocycles. The quantitative estimate of drug-likeness (QED) is 0.172. The first-order chi connectivity index (χ1) is 26.2. The van der Waals surface area contributed by atoms with Crippen LogP contribution < -0.4 is 0 Å². The second-order valence-corrected chi connectivity index (χ2v) is 16.6. The summed E-state index contributed by atoms with van der Waals surface area (Å²) in [6.07, 6.45) is 0. The largest absolute Gasteiger partial charge is 0.354 e. The standard InChI is InChI=1S/C50H27NS2/c1-2-12-34-32(10-1)33-11-3-4-13-35(33)40-23-29(16-19-36(34)40)27-8-7-9-28(22-27)30-17-20-38-43(24-30)53-45-26-41-48-39(47(38)45)21-18-31-25-44-49(50(51-41)46(31)48)37-14-5-6-15-42(37)52-44/h1-26,51H. The topological polar surface area (TPSA) is 15.8 Å². The van der Waals surface area contributed by atoms with E-state index in [1.807, 2.05) is 22.7 Å². The van der Waals surface area contributed by atoms with Gasteiger partial charge in [0, 0.05) is 56.6 Å². The van der Waals surface area contributed by atoms with E-state index in [4.69, 9.17) is 0 Å². The zero-order valence-electron chi connectivity index (χ0n) is 28.3. The molecule has 13 rings (SSSR count). The summed E-state index contributed by atoms with van der Waals surface area (Å²) in [6.45, 7) is 0. The molecule has 3 heterocycles. The van der Waals surface area contributed by atoms with E-state index in [9.17, 15) is 0 Å². The van der Waals surface area contributed by atoms with Gasteiger partial charge in [-0.15, -0.1) is 22.7 Å². The third-order valence-corrected chi connectivity index (χ3v) is 13.9. The molecule has 0 spiro atoms. The summed E-state index contributed by atoms with van der Waals surface area (Å²) < 4.78 is 5.34. The Morgan fingerprint density at radius 2 is 0.868 bits per heavy atom. The number of thiophene rings is 2. The zero-order chi connectivity index (χ0) is 34.4. The molecular weight excluding hydrogens is 679 g/mol. The summed E-state index contributed by atoms with van der Waals surface area (Å²) in [6, 6.07) is 59.1. The maximum absolute atomic E-state index is 3.92. The number of H-pyrrole nitrogens is 1. The predicted molar refractivity (Wildman–Crippen MR) is 234 cm³/mol. The average molecular weight is 706 g/mol. The van der Waals surface area contributed by atoms with Gasteiger partial charge in [-0.25, -0.2) is 0 Å². The molecule has 0 aliphatic carbocycles. The van der Waals surface area contributed by atoms with Gasteiger partial charge in [0.1, 0.15) is 0 Å². The van der Waals surface area contributed by atoms with Crippen LogP contribution in [0.25, 0.3) is 127 Å². The summed E-state index contributed by atoms with van der Waals surface area (Å²) in [5.74, 6) is 0. The normalized spacial score (nSPS) is 12.5. The highest BCUT2D eigenvalue weighted by Gasteiger charge is 2.20. The molecule has 53 heavy (non-hydrogen) atoms. The van der Waals surface area contributed by atoms with Crippen molar-refractivity contribution in [2.45, 2.75) is 0 Å². The molecule has 0 unspecified atom stereocenters. The molecule has 0 bridgehead atoms. The van der Waals surface area contributed by atoms with Crippen molar-refractivity contribution in [3.05, 3.63) is 158 Å². The van der Waals surface area contributed by atoms with E-state index >= 15 is 0 Å². The van der Waals surface area contributed by atoms with Gasteiger partial charge >= 0.3 is 0 Å². The number of hydrogen-bond acceptors (Lipinski definition) is 2. The Hall–Kier alpha value is -6.26. The van der Waals surface area contributed by atoms with E-state index in [1.54, 1.807) is 0 Å². The van der Waals surface area contributed by atoms with E-state index in [-0.39, 0.29) is 0 Å². The van der Waals surface area contributed by atoms with Gasteiger partial charge in [-0.2, -0.15) is 0 Å². The fourth-order valence-electron chi connectivity index (χ4n) is 9.39. The van der Waals surface area contributed by atoms with Crippen LogP contribution in [0.3, 0.4) is 0 Å². The van der Waals surface area contributed by atoms with Crippen LogP contribution in [0.2, 0.25) is 0 Å². The van der Waals surface area contributed by atoms with Gasteiger partial charge < -0.3 is 4.98 Å². The molecule has 0 radical (unpaired) electrons. The summed E-state index contributed by atoms with van der Waals surface area (Å²) in [4.78, 5) is 3.92. The first-order valence-corrected chi connectivity index (χ1v) is 19.8. The molecule has 10 aromatic carbocycles. The van der Waals surface area contributed by atoms with E-state index in [0.717, 1.165) is 0 Å². The number of rotatable bonds is 2. The molecule has 13 aromatic rings. The van der Waals surface area contributed by atoms with Gasteiger partial charge in [0.15, 0.2) is 0 Å². The number of aromatic amines is 1. The molecule has 1 N–H and O–H groups in total. The SMILES string of the molecule is c1cc(-c2ccc3c(c2)sc2cc4[nH]c5c6c(cc7ccc(c23)c4c75)sc2ccccc26)cc(-c2ccc3c4ccccc4c4ccccc4c3c2)c1. The Morgan fingerprint density at radius 3 is 1.64 bits per heavy atom. The fourth-order valence-corrected chi connectivity index (χ4v) is 11.8. The van der Waals surface area contributed by atoms with Crippen molar-refractivity contribution in [2.24, 2.45) is 0 Å². The van der Waals surface area contributed by atoms with Crippen LogP contribution >= 0.6 is 22.7 Å². The van der Waals surface area contributed by atoms with E-state index < -0.39 is 0 Å². The first-order valence-electron chi connectivity index (χ1n) is 18.2. The lowest BCUT2D eigenvalue weighted by Crippen LogP contribution is -1.85. The van der Waals surface area contributed by atoms with Crippen molar-refractivity contribution >= 4 is 128 Å². The maximum atomic E-state index is 3.92. The highest BCUT2D eigenvalue weighted by molar-refractivity contribution is 7.26. The maximum Gasteiger partial charge on any atom is 0.0565 e. The predicted octanol–water partition coefficient (Wildman–Crippen LogP) is 15.4. The lowest BCUT2D eigenvalue weighted by atomic mass is 9.91. The zero-order valence-corrected chi connectivity index (χ0v) is 30.0. The second kappa shape index (κ2) is 10.2. The summed E-state index contributed by atoms with van der Waals surface area (Å²) in [5, 5.41) is 18.6. The molecule has 0 amide bonds. The van der Waals surface area contributed by atoms with Crippen molar-refractivity contribution in [2.75, 3.05) is 0 Å². The van der Waals surface area contributed by atoms with Gasteiger partial charge in [0.2, 0.25) is 0 Å². The van der Waals surface area contributed by atoms with Crippen molar-refractivity contribution in [1.82, 2.24) is 4.98 Å². The third kappa shape index (κ3) is 3.80. The summed E-state index contributed by atoms with van der Waals surface area (Å²) in [5.41, 5.74) is 7.46. The van der Waals surface area contributed by atoms with Gasteiger partial charge in [-0.05, 0) is 102 Å². The highest BCUT2D eigenvalue weighted by atomic mass is 32.1. The fraction of sp³-hybridized carbons (Fsp3) is 0. The molecular formula is C50H27NS2. The third-order valence-electron chi connectivity index (χ3n) is 11.7. The van der Waals surface area contributed by atoms with Crippen LogP contribution in [0, 0.1) is 0 Å². The summed E-state index contributed by atoms with van der Waals surface area (Å²) in [7, 11) is 0. The minimum Gasteiger partial charge on any atom is -0.354 e. The van der Waals surface area contributed by atoms with E-state index in [2.05, 4.69) is 163 Å². The van der Waals surface area contributed by atoms with Gasteiger partial charge in [0.05, 0.1) is 5.52 Å². The molecule has 0 fully saturated rings.